The smallest absolute Gasteiger partial charge is 0.270 e. The summed E-state index contributed by atoms with van der Waals surface area (Å²) < 4.78 is 27.4. The van der Waals surface area contributed by atoms with Crippen molar-refractivity contribution in [1.82, 2.24) is 20.2 Å². The fourth-order valence-electron chi connectivity index (χ4n) is 3.17. The van der Waals surface area contributed by atoms with Crippen LogP contribution >= 0.6 is 0 Å². The lowest BCUT2D eigenvalue weighted by Crippen LogP contribution is -2.08. The van der Waals surface area contributed by atoms with Crippen LogP contribution in [0.25, 0.3) is 11.4 Å². The lowest BCUT2D eigenvalue weighted by atomic mass is 9.93. The van der Waals surface area contributed by atoms with E-state index in [0.717, 1.165) is 18.1 Å². The molecular formula is C22H24F2N4O. The summed E-state index contributed by atoms with van der Waals surface area (Å²) in [7, 11) is 1.66. The third-order valence-electron chi connectivity index (χ3n) is 4.60. The summed E-state index contributed by atoms with van der Waals surface area (Å²) >= 11 is 0. The molecule has 0 saturated carbocycles. The van der Waals surface area contributed by atoms with Gasteiger partial charge in [0.05, 0.1) is 7.05 Å². The molecule has 5 nitrogen and oxygen atoms in total. The Labute approximate surface area is 168 Å². The molecule has 7 heteroatoms. The molecule has 0 saturated heterocycles. The molecule has 0 aliphatic rings. The highest BCUT2D eigenvalue weighted by molar-refractivity contribution is 5.97. The number of hydrogen-bond acceptors (Lipinski definition) is 4. The zero-order chi connectivity index (χ0) is 21.2. The molecule has 1 heterocycles. The Hall–Kier alpha value is -2.96. The van der Waals surface area contributed by atoms with E-state index in [9.17, 15) is 13.6 Å². The van der Waals surface area contributed by atoms with Gasteiger partial charge in [-0.3, -0.25) is 4.79 Å². The van der Waals surface area contributed by atoms with Gasteiger partial charge in [-0.25, -0.2) is 8.78 Å². The first kappa shape index (κ1) is 20.8. The van der Waals surface area contributed by atoms with Gasteiger partial charge >= 0.3 is 0 Å². The summed E-state index contributed by atoms with van der Waals surface area (Å²) in [6.45, 7) is 4.87. The van der Waals surface area contributed by atoms with Crippen LogP contribution < -0.4 is 0 Å². The van der Waals surface area contributed by atoms with Gasteiger partial charge in [0, 0.05) is 30.0 Å². The SMILES string of the molecule is CC(C)CC(=O)c1ccc(Cc2cccc(C(C)(F)F)c2)c(-c2nnn(C)n2)c1. The van der Waals surface area contributed by atoms with Gasteiger partial charge in [-0.2, -0.15) is 4.80 Å². The Bertz CT molecular complexity index is 1020. The standard InChI is InChI=1S/C22H24F2N4O/c1-14(2)10-20(29)17-9-8-16(19(13-17)21-25-27-28(4)26-21)11-15-6-5-7-18(12-15)22(3,23)24/h5-9,12-14H,10-11H2,1-4H3. The summed E-state index contributed by atoms with van der Waals surface area (Å²) in [6.07, 6.45) is 0.858. The van der Waals surface area contributed by atoms with Gasteiger partial charge in [0.15, 0.2) is 5.78 Å². The van der Waals surface area contributed by atoms with Gasteiger partial charge in [-0.05, 0) is 40.8 Å². The average Bonchev–Trinajstić information content (AvgIpc) is 3.07. The predicted octanol–water partition coefficient (Wildman–Crippen LogP) is 4.81. The Kier molecular flexibility index (Phi) is 5.86. The molecule has 0 radical (unpaired) electrons. The van der Waals surface area contributed by atoms with Gasteiger partial charge in [-0.15, -0.1) is 10.2 Å². The van der Waals surface area contributed by atoms with E-state index in [-0.39, 0.29) is 17.3 Å². The van der Waals surface area contributed by atoms with Gasteiger partial charge < -0.3 is 0 Å². The van der Waals surface area contributed by atoms with Crippen LogP contribution in [0.1, 0.15) is 54.2 Å². The van der Waals surface area contributed by atoms with Crippen LogP contribution in [0, 0.1) is 5.92 Å². The number of carbonyl (C=O) groups is 1. The maximum absolute atomic E-state index is 13.7. The number of aryl methyl sites for hydroxylation is 1. The van der Waals surface area contributed by atoms with Crippen molar-refractivity contribution in [3.63, 3.8) is 0 Å². The number of benzene rings is 2. The highest BCUT2D eigenvalue weighted by Gasteiger charge is 2.24. The highest BCUT2D eigenvalue weighted by atomic mass is 19.3. The number of alkyl halides is 2. The molecule has 0 aliphatic carbocycles. The summed E-state index contributed by atoms with van der Waals surface area (Å²) in [5.74, 6) is -2.21. The minimum Gasteiger partial charge on any atom is -0.294 e. The topological polar surface area (TPSA) is 60.7 Å². The Morgan fingerprint density at radius 3 is 2.55 bits per heavy atom. The van der Waals surface area contributed by atoms with Crippen molar-refractivity contribution in [3.8, 4) is 11.4 Å². The van der Waals surface area contributed by atoms with Gasteiger partial charge in [0.1, 0.15) is 0 Å². The van der Waals surface area contributed by atoms with Crippen LogP contribution in [0.2, 0.25) is 0 Å². The lowest BCUT2D eigenvalue weighted by Gasteiger charge is -2.13. The van der Waals surface area contributed by atoms with Gasteiger partial charge in [-0.1, -0.05) is 44.2 Å². The number of rotatable bonds is 7. The second-order valence-electron chi connectivity index (χ2n) is 7.76. The summed E-state index contributed by atoms with van der Waals surface area (Å²) in [6, 6.07) is 11.8. The summed E-state index contributed by atoms with van der Waals surface area (Å²) in [5.41, 5.74) is 2.82. The second kappa shape index (κ2) is 8.19. The molecule has 0 unspecified atom stereocenters. The lowest BCUT2D eigenvalue weighted by molar-refractivity contribution is 0.0174. The van der Waals surface area contributed by atoms with Crippen LogP contribution in [0.3, 0.4) is 0 Å². The molecule has 1 aromatic heterocycles. The van der Waals surface area contributed by atoms with Crippen molar-refractivity contribution in [2.45, 2.75) is 39.5 Å². The first-order valence-corrected chi connectivity index (χ1v) is 9.51. The first-order chi connectivity index (χ1) is 13.6. The number of ketones is 1. The summed E-state index contributed by atoms with van der Waals surface area (Å²) in [4.78, 5) is 13.9. The normalized spacial score (nSPS) is 11.8. The van der Waals surface area contributed by atoms with E-state index in [1.54, 1.807) is 31.3 Å². The molecule has 3 rings (SSSR count). The number of aromatic nitrogens is 4. The quantitative estimate of drug-likeness (QED) is 0.536. The van der Waals surface area contributed by atoms with Crippen LogP contribution in [0.15, 0.2) is 42.5 Å². The third kappa shape index (κ3) is 5.10. The molecule has 29 heavy (non-hydrogen) atoms. The average molecular weight is 398 g/mol. The molecular weight excluding hydrogens is 374 g/mol. The zero-order valence-corrected chi connectivity index (χ0v) is 17.0. The van der Waals surface area contributed by atoms with Crippen molar-refractivity contribution in [1.29, 1.82) is 0 Å². The number of halogens is 2. The van der Waals surface area contributed by atoms with Gasteiger partial charge in [0.25, 0.3) is 5.92 Å². The van der Waals surface area contributed by atoms with Crippen molar-refractivity contribution in [3.05, 3.63) is 64.7 Å². The third-order valence-corrected chi connectivity index (χ3v) is 4.60. The number of nitrogens with zero attached hydrogens (tertiary/aromatic N) is 4. The predicted molar refractivity (Wildman–Crippen MR) is 107 cm³/mol. The minimum absolute atomic E-state index is 0.0297. The van der Waals surface area contributed by atoms with Crippen molar-refractivity contribution in [2.24, 2.45) is 13.0 Å². The monoisotopic (exact) mass is 398 g/mol. The van der Waals surface area contributed by atoms with Crippen molar-refractivity contribution >= 4 is 5.78 Å². The molecule has 3 aromatic rings. The Balaban J connectivity index is 2.01. The molecule has 152 valence electrons. The molecule has 0 spiro atoms. The maximum Gasteiger partial charge on any atom is 0.270 e. The van der Waals surface area contributed by atoms with E-state index in [1.165, 1.54) is 16.9 Å². The van der Waals surface area contributed by atoms with Crippen LogP contribution in [-0.2, 0) is 19.4 Å². The molecule has 0 aliphatic heterocycles. The number of hydrogen-bond donors (Lipinski definition) is 0. The van der Waals surface area contributed by atoms with Crippen molar-refractivity contribution in [2.75, 3.05) is 0 Å². The first-order valence-electron chi connectivity index (χ1n) is 9.51. The second-order valence-corrected chi connectivity index (χ2v) is 7.76. The molecule has 0 fully saturated rings. The number of carbonyl (C=O) groups excluding carboxylic acids is 1. The summed E-state index contributed by atoms with van der Waals surface area (Å²) in [5, 5.41) is 12.2. The van der Waals surface area contributed by atoms with E-state index >= 15 is 0 Å². The van der Waals surface area contributed by atoms with E-state index in [4.69, 9.17) is 0 Å². The fraction of sp³-hybridized carbons (Fsp3) is 0.364. The minimum atomic E-state index is -2.90. The molecule has 0 bridgehead atoms. The van der Waals surface area contributed by atoms with Crippen LogP contribution in [0.5, 0.6) is 0 Å². The van der Waals surface area contributed by atoms with E-state index < -0.39 is 5.92 Å². The number of tetrazole rings is 1. The maximum atomic E-state index is 13.7. The molecule has 0 N–H and O–H groups in total. The largest absolute Gasteiger partial charge is 0.294 e. The van der Waals surface area contributed by atoms with Crippen LogP contribution in [-0.4, -0.2) is 26.0 Å². The van der Waals surface area contributed by atoms with E-state index in [1.807, 2.05) is 19.9 Å². The molecule has 2 aromatic carbocycles. The molecule has 0 atom stereocenters. The van der Waals surface area contributed by atoms with E-state index in [2.05, 4.69) is 15.4 Å². The van der Waals surface area contributed by atoms with Gasteiger partial charge in [0.2, 0.25) is 5.82 Å². The number of Topliss-reactive ketones (excluding diaryl/α,β-unsaturated/α-hetero) is 1. The highest BCUT2D eigenvalue weighted by Crippen LogP contribution is 2.29. The zero-order valence-electron chi connectivity index (χ0n) is 17.0. The van der Waals surface area contributed by atoms with Crippen molar-refractivity contribution < 1.29 is 13.6 Å². The Morgan fingerprint density at radius 2 is 1.93 bits per heavy atom. The fourth-order valence-corrected chi connectivity index (χ4v) is 3.17. The van der Waals surface area contributed by atoms with Crippen LogP contribution in [0.4, 0.5) is 8.78 Å². The molecule has 0 amide bonds. The van der Waals surface area contributed by atoms with E-state index in [0.29, 0.717) is 29.8 Å². The Morgan fingerprint density at radius 1 is 1.17 bits per heavy atom.